The van der Waals surface area contributed by atoms with Gasteiger partial charge >= 0.3 is 0 Å². The monoisotopic (exact) mass is 375 g/mol. The second-order valence-corrected chi connectivity index (χ2v) is 8.15. The van der Waals surface area contributed by atoms with E-state index in [2.05, 4.69) is 4.72 Å². The molecular weight excluding hydrogens is 350 g/mol. The van der Waals surface area contributed by atoms with Crippen LogP contribution < -0.4 is 4.72 Å². The maximum atomic E-state index is 12.3. The number of amides is 1. The van der Waals surface area contributed by atoms with Crippen molar-refractivity contribution in [3.8, 4) is 0 Å². The number of carbonyl (C=O) groups excluding carboxylic acids is 1. The third-order valence-electron chi connectivity index (χ3n) is 3.59. The maximum absolute atomic E-state index is 12.3. The number of hydrogen-bond acceptors (Lipinski definition) is 4. The number of aryl methyl sites for hydroxylation is 1. The Morgan fingerprint density at radius 2 is 1.88 bits per heavy atom. The van der Waals surface area contributed by atoms with E-state index in [9.17, 15) is 13.2 Å². The lowest BCUT2D eigenvalue weighted by Crippen LogP contribution is -2.38. The van der Waals surface area contributed by atoms with Gasteiger partial charge in [0.25, 0.3) is 0 Å². The number of halogens is 1. The van der Waals surface area contributed by atoms with Crippen molar-refractivity contribution in [2.75, 3.05) is 40.3 Å². The third-order valence-corrected chi connectivity index (χ3v) is 5.47. The van der Waals surface area contributed by atoms with Crippen molar-refractivity contribution >= 4 is 27.5 Å². The Morgan fingerprint density at radius 3 is 2.42 bits per heavy atom. The summed E-state index contributed by atoms with van der Waals surface area (Å²) in [6.07, 6.45) is 0.843. The summed E-state index contributed by atoms with van der Waals surface area (Å²) in [5, 5.41) is 0.526. The molecule has 0 atom stereocenters. The van der Waals surface area contributed by atoms with Crippen LogP contribution in [0.3, 0.4) is 0 Å². The van der Waals surface area contributed by atoms with Gasteiger partial charge in [-0.1, -0.05) is 11.6 Å². The number of nitrogens with one attached hydrogen (secondary N) is 1. The highest BCUT2D eigenvalue weighted by molar-refractivity contribution is 7.89. The highest BCUT2D eigenvalue weighted by atomic mass is 35.5. The second kappa shape index (κ2) is 9.36. The molecule has 24 heavy (non-hydrogen) atoms. The topological polar surface area (TPSA) is 69.7 Å². The van der Waals surface area contributed by atoms with E-state index in [4.69, 9.17) is 11.6 Å². The second-order valence-electron chi connectivity index (χ2n) is 5.97. The minimum absolute atomic E-state index is 0.0599. The molecule has 0 saturated heterocycles. The van der Waals surface area contributed by atoms with Gasteiger partial charge in [0.15, 0.2) is 0 Å². The van der Waals surface area contributed by atoms with Crippen molar-refractivity contribution in [1.29, 1.82) is 0 Å². The maximum Gasteiger partial charge on any atom is 0.240 e. The fourth-order valence-corrected chi connectivity index (χ4v) is 3.41. The molecule has 0 heterocycles. The molecule has 0 fully saturated rings. The minimum Gasteiger partial charge on any atom is -0.342 e. The molecule has 0 saturated carbocycles. The zero-order valence-electron chi connectivity index (χ0n) is 14.7. The van der Waals surface area contributed by atoms with Crippen LogP contribution in [0.25, 0.3) is 0 Å². The SMILES string of the molecule is CC(=O)N(CCCN(C)C)CCNS(=O)(=O)c1ccc(Cl)c(C)c1. The van der Waals surface area contributed by atoms with Crippen molar-refractivity contribution in [3.63, 3.8) is 0 Å². The molecule has 0 bridgehead atoms. The molecule has 1 N–H and O–H groups in total. The fourth-order valence-electron chi connectivity index (χ4n) is 2.19. The van der Waals surface area contributed by atoms with Crippen LogP contribution in [0, 0.1) is 6.92 Å². The molecule has 0 aliphatic rings. The van der Waals surface area contributed by atoms with Crippen LogP contribution in [0.5, 0.6) is 0 Å². The predicted octanol–water partition coefficient (Wildman–Crippen LogP) is 1.73. The van der Waals surface area contributed by atoms with E-state index in [1.54, 1.807) is 17.9 Å². The zero-order valence-corrected chi connectivity index (χ0v) is 16.2. The van der Waals surface area contributed by atoms with Crippen LogP contribution in [0.4, 0.5) is 0 Å². The number of nitrogens with zero attached hydrogens (tertiary/aromatic N) is 2. The molecule has 1 aromatic rings. The lowest BCUT2D eigenvalue weighted by Gasteiger charge is -2.22. The molecule has 0 aliphatic carbocycles. The van der Waals surface area contributed by atoms with Gasteiger partial charge in [-0.25, -0.2) is 13.1 Å². The van der Waals surface area contributed by atoms with E-state index in [1.807, 2.05) is 19.0 Å². The Labute approximate surface area is 149 Å². The van der Waals surface area contributed by atoms with Gasteiger partial charge in [0.1, 0.15) is 0 Å². The summed E-state index contributed by atoms with van der Waals surface area (Å²) in [5.41, 5.74) is 0.702. The summed E-state index contributed by atoms with van der Waals surface area (Å²) in [5.74, 6) is -0.0599. The van der Waals surface area contributed by atoms with Gasteiger partial charge in [0.2, 0.25) is 15.9 Å². The summed E-state index contributed by atoms with van der Waals surface area (Å²) in [4.78, 5) is 15.5. The summed E-state index contributed by atoms with van der Waals surface area (Å²) in [6.45, 7) is 5.24. The number of sulfonamides is 1. The average Bonchev–Trinajstić information content (AvgIpc) is 2.47. The summed E-state index contributed by atoms with van der Waals surface area (Å²) < 4.78 is 27.1. The highest BCUT2D eigenvalue weighted by Crippen LogP contribution is 2.19. The van der Waals surface area contributed by atoms with Gasteiger partial charge in [0, 0.05) is 31.6 Å². The van der Waals surface area contributed by atoms with Crippen molar-refractivity contribution in [2.45, 2.75) is 25.2 Å². The van der Waals surface area contributed by atoms with E-state index in [-0.39, 0.29) is 17.3 Å². The molecular formula is C16H26ClN3O3S. The molecule has 0 spiro atoms. The van der Waals surface area contributed by atoms with Crippen LogP contribution in [0.2, 0.25) is 5.02 Å². The van der Waals surface area contributed by atoms with Gasteiger partial charge in [-0.3, -0.25) is 4.79 Å². The van der Waals surface area contributed by atoms with Crippen LogP contribution in [0.1, 0.15) is 18.9 Å². The number of rotatable bonds is 9. The quantitative estimate of drug-likeness (QED) is 0.713. The highest BCUT2D eigenvalue weighted by Gasteiger charge is 2.16. The normalized spacial score (nSPS) is 11.8. The van der Waals surface area contributed by atoms with E-state index in [0.29, 0.717) is 23.7 Å². The van der Waals surface area contributed by atoms with Crippen LogP contribution in [-0.4, -0.2) is 64.4 Å². The molecule has 0 unspecified atom stereocenters. The lowest BCUT2D eigenvalue weighted by molar-refractivity contribution is -0.128. The number of hydrogen-bond donors (Lipinski definition) is 1. The fraction of sp³-hybridized carbons (Fsp3) is 0.562. The Morgan fingerprint density at radius 1 is 1.21 bits per heavy atom. The van der Waals surface area contributed by atoms with Crippen molar-refractivity contribution in [3.05, 3.63) is 28.8 Å². The molecule has 0 radical (unpaired) electrons. The molecule has 6 nitrogen and oxygen atoms in total. The smallest absolute Gasteiger partial charge is 0.240 e. The first-order chi connectivity index (χ1) is 11.1. The lowest BCUT2D eigenvalue weighted by atomic mass is 10.2. The standard InChI is InChI=1S/C16H26ClN3O3S/c1-13-12-15(6-7-16(13)17)24(22,23)18-8-11-20(14(2)21)10-5-9-19(3)4/h6-7,12,18H,5,8-11H2,1-4H3. The van der Waals surface area contributed by atoms with E-state index in [1.165, 1.54) is 19.1 Å². The minimum atomic E-state index is -3.61. The average molecular weight is 376 g/mol. The van der Waals surface area contributed by atoms with Gasteiger partial charge in [0.05, 0.1) is 4.90 Å². The Kier molecular flexibility index (Phi) is 8.15. The molecule has 1 rings (SSSR count). The molecule has 1 amide bonds. The van der Waals surface area contributed by atoms with Gasteiger partial charge in [-0.15, -0.1) is 0 Å². The molecule has 0 aliphatic heterocycles. The summed E-state index contributed by atoms with van der Waals surface area (Å²) in [7, 11) is 0.335. The zero-order chi connectivity index (χ0) is 18.3. The van der Waals surface area contributed by atoms with Crippen molar-refractivity contribution in [2.24, 2.45) is 0 Å². The Hall–Kier alpha value is -1.15. The Bertz CT molecular complexity index is 663. The molecule has 0 aromatic heterocycles. The first-order valence-corrected chi connectivity index (χ1v) is 9.65. The van der Waals surface area contributed by atoms with Crippen LogP contribution in [-0.2, 0) is 14.8 Å². The summed E-state index contributed by atoms with van der Waals surface area (Å²) in [6, 6.07) is 4.57. The molecule has 8 heteroatoms. The molecule has 136 valence electrons. The van der Waals surface area contributed by atoms with Crippen LogP contribution >= 0.6 is 11.6 Å². The van der Waals surface area contributed by atoms with E-state index >= 15 is 0 Å². The van der Waals surface area contributed by atoms with Gasteiger partial charge in [-0.2, -0.15) is 0 Å². The molecule has 1 aromatic carbocycles. The van der Waals surface area contributed by atoms with E-state index in [0.717, 1.165) is 13.0 Å². The third kappa shape index (κ3) is 6.76. The Balaban J connectivity index is 2.59. The van der Waals surface area contributed by atoms with E-state index < -0.39 is 10.0 Å². The van der Waals surface area contributed by atoms with Crippen molar-refractivity contribution < 1.29 is 13.2 Å². The summed E-state index contributed by atoms with van der Waals surface area (Å²) >= 11 is 5.92. The van der Waals surface area contributed by atoms with Gasteiger partial charge in [-0.05, 0) is 57.7 Å². The largest absolute Gasteiger partial charge is 0.342 e. The van der Waals surface area contributed by atoms with Gasteiger partial charge < -0.3 is 9.80 Å². The number of benzene rings is 1. The number of carbonyl (C=O) groups is 1. The van der Waals surface area contributed by atoms with Crippen molar-refractivity contribution in [1.82, 2.24) is 14.5 Å². The predicted molar refractivity (Wildman–Crippen MR) is 96.8 cm³/mol. The first kappa shape index (κ1) is 20.9. The van der Waals surface area contributed by atoms with Crippen LogP contribution in [0.15, 0.2) is 23.1 Å². The first-order valence-electron chi connectivity index (χ1n) is 7.79.